The average Bonchev–Trinajstić information content (AvgIpc) is 3.29. The average molecular weight is 427 g/mol. The van der Waals surface area contributed by atoms with Gasteiger partial charge in [-0.1, -0.05) is 11.6 Å². The second kappa shape index (κ2) is 7.49. The number of carbonyl (C=O) groups is 3. The fraction of sp³-hybridized carbons (Fsp3) is 0. The molecule has 4 rings (SSSR count). The second-order valence-corrected chi connectivity index (χ2v) is 6.72. The number of carboxylic acid groups (broad SMARTS) is 1. The number of carboxylic acids is 1. The Bertz CT molecular complexity index is 1220. The minimum atomic E-state index is -1.18. The van der Waals surface area contributed by atoms with Crippen molar-refractivity contribution in [3.8, 4) is 11.3 Å². The summed E-state index contributed by atoms with van der Waals surface area (Å²) in [5, 5.41) is 10.3. The van der Waals surface area contributed by atoms with Gasteiger partial charge in [0.1, 0.15) is 22.9 Å². The summed E-state index contributed by atoms with van der Waals surface area (Å²) < 4.78 is 18.7. The molecule has 1 aromatic heterocycles. The summed E-state index contributed by atoms with van der Waals surface area (Å²) in [5.41, 5.74) is 2.94. The van der Waals surface area contributed by atoms with Gasteiger partial charge in [-0.05, 0) is 60.7 Å². The number of benzene rings is 2. The Labute approximate surface area is 173 Å². The molecule has 1 saturated heterocycles. The van der Waals surface area contributed by atoms with Crippen LogP contribution in [-0.2, 0) is 9.59 Å². The van der Waals surface area contributed by atoms with Crippen LogP contribution in [-0.4, -0.2) is 22.9 Å². The molecule has 0 radical (unpaired) electrons. The molecule has 2 heterocycles. The maximum Gasteiger partial charge on any atom is 0.337 e. The summed E-state index contributed by atoms with van der Waals surface area (Å²) in [4.78, 5) is 36.1. The Balaban J connectivity index is 1.62. The van der Waals surface area contributed by atoms with E-state index in [2.05, 4.69) is 5.43 Å². The summed E-state index contributed by atoms with van der Waals surface area (Å²) in [6, 6.07) is 12.6. The molecular formula is C21H12ClFN2O5. The third-order valence-corrected chi connectivity index (χ3v) is 4.70. The van der Waals surface area contributed by atoms with Crippen LogP contribution in [0.2, 0.25) is 5.02 Å². The number of hydrogen-bond acceptors (Lipinski definition) is 4. The predicted octanol–water partition coefficient (Wildman–Crippen LogP) is 3.90. The first-order valence-electron chi connectivity index (χ1n) is 8.59. The number of nitrogens with one attached hydrogen (secondary N) is 1. The van der Waals surface area contributed by atoms with Gasteiger partial charge in [-0.25, -0.2) is 14.2 Å². The highest BCUT2D eigenvalue weighted by Crippen LogP contribution is 2.28. The molecule has 0 atom stereocenters. The van der Waals surface area contributed by atoms with Gasteiger partial charge in [0.15, 0.2) is 0 Å². The van der Waals surface area contributed by atoms with Crippen molar-refractivity contribution in [3.63, 3.8) is 0 Å². The Morgan fingerprint density at radius 2 is 1.83 bits per heavy atom. The monoisotopic (exact) mass is 426 g/mol. The minimum absolute atomic E-state index is 0.0780. The summed E-state index contributed by atoms with van der Waals surface area (Å²) in [5.74, 6) is -2.35. The number of anilines is 1. The number of hydrazine groups is 1. The van der Waals surface area contributed by atoms with E-state index in [1.54, 1.807) is 18.2 Å². The fourth-order valence-electron chi connectivity index (χ4n) is 2.90. The molecule has 0 spiro atoms. The van der Waals surface area contributed by atoms with Gasteiger partial charge in [0, 0.05) is 5.56 Å². The normalized spacial score (nSPS) is 15.0. The molecule has 2 amide bonds. The van der Waals surface area contributed by atoms with Gasteiger partial charge in [-0.15, -0.1) is 0 Å². The molecule has 150 valence electrons. The van der Waals surface area contributed by atoms with Crippen LogP contribution in [0.1, 0.15) is 16.1 Å². The molecule has 1 aliphatic heterocycles. The van der Waals surface area contributed by atoms with Crippen molar-refractivity contribution in [1.29, 1.82) is 0 Å². The van der Waals surface area contributed by atoms with Crippen LogP contribution in [0.3, 0.4) is 0 Å². The van der Waals surface area contributed by atoms with Gasteiger partial charge in [-0.3, -0.25) is 15.0 Å². The molecule has 2 N–H and O–H groups in total. The van der Waals surface area contributed by atoms with Crippen LogP contribution in [0.4, 0.5) is 10.1 Å². The number of rotatable bonds is 4. The maximum absolute atomic E-state index is 13.1. The highest BCUT2D eigenvalue weighted by atomic mass is 35.5. The minimum Gasteiger partial charge on any atom is -0.478 e. The van der Waals surface area contributed by atoms with Crippen molar-refractivity contribution in [2.24, 2.45) is 0 Å². The number of amides is 2. The summed E-state index contributed by atoms with van der Waals surface area (Å²) in [6.45, 7) is 0. The lowest BCUT2D eigenvalue weighted by molar-refractivity contribution is -0.117. The molecule has 0 unspecified atom stereocenters. The van der Waals surface area contributed by atoms with Crippen molar-refractivity contribution >= 4 is 41.1 Å². The SMILES string of the molecule is O=C1NN(c2ccc(F)cc2)C(=O)/C1=C\c1ccc(-c2ccc(Cl)c(C(=O)O)c2)o1. The lowest BCUT2D eigenvalue weighted by Gasteiger charge is -2.14. The number of carbonyl (C=O) groups excluding carboxylic acids is 2. The van der Waals surface area contributed by atoms with Crippen molar-refractivity contribution in [2.45, 2.75) is 0 Å². The van der Waals surface area contributed by atoms with Crippen molar-refractivity contribution < 1.29 is 28.3 Å². The molecular weight excluding hydrogens is 415 g/mol. The maximum atomic E-state index is 13.1. The summed E-state index contributed by atoms with van der Waals surface area (Å²) in [6.07, 6.45) is 1.28. The Kier molecular flexibility index (Phi) is 4.85. The van der Waals surface area contributed by atoms with Crippen molar-refractivity contribution in [2.75, 3.05) is 5.01 Å². The Morgan fingerprint density at radius 1 is 1.10 bits per heavy atom. The van der Waals surface area contributed by atoms with Crippen LogP contribution in [0, 0.1) is 5.82 Å². The second-order valence-electron chi connectivity index (χ2n) is 6.32. The zero-order valence-electron chi connectivity index (χ0n) is 15.1. The summed E-state index contributed by atoms with van der Waals surface area (Å²) in [7, 11) is 0. The highest BCUT2D eigenvalue weighted by Gasteiger charge is 2.34. The largest absolute Gasteiger partial charge is 0.478 e. The predicted molar refractivity (Wildman–Crippen MR) is 106 cm³/mol. The molecule has 3 aromatic rings. The first-order chi connectivity index (χ1) is 14.3. The summed E-state index contributed by atoms with van der Waals surface area (Å²) >= 11 is 5.87. The highest BCUT2D eigenvalue weighted by molar-refractivity contribution is 6.33. The van der Waals surface area contributed by atoms with Crippen LogP contribution in [0.5, 0.6) is 0 Å². The van der Waals surface area contributed by atoms with Crippen LogP contribution >= 0.6 is 11.6 Å². The topological polar surface area (TPSA) is 99.9 Å². The van der Waals surface area contributed by atoms with Crippen LogP contribution < -0.4 is 10.4 Å². The zero-order chi connectivity index (χ0) is 21.4. The van der Waals surface area contributed by atoms with E-state index in [1.807, 2.05) is 0 Å². The van der Waals surface area contributed by atoms with E-state index in [-0.39, 0.29) is 21.9 Å². The van der Waals surface area contributed by atoms with Gasteiger partial charge >= 0.3 is 5.97 Å². The Morgan fingerprint density at radius 3 is 2.53 bits per heavy atom. The number of aromatic carboxylic acids is 1. The van der Waals surface area contributed by atoms with E-state index in [0.29, 0.717) is 17.0 Å². The van der Waals surface area contributed by atoms with Crippen LogP contribution in [0.15, 0.2) is 64.6 Å². The lowest BCUT2D eigenvalue weighted by Crippen LogP contribution is -2.35. The van der Waals surface area contributed by atoms with E-state index in [1.165, 1.54) is 42.5 Å². The number of halogens is 2. The fourth-order valence-corrected chi connectivity index (χ4v) is 3.10. The van der Waals surface area contributed by atoms with Gasteiger partial charge in [0.25, 0.3) is 11.8 Å². The molecule has 0 aliphatic carbocycles. The van der Waals surface area contributed by atoms with Gasteiger partial charge in [-0.2, -0.15) is 0 Å². The first kappa shape index (κ1) is 19.4. The van der Waals surface area contributed by atoms with Gasteiger partial charge in [0.05, 0.1) is 16.3 Å². The lowest BCUT2D eigenvalue weighted by atomic mass is 10.1. The van der Waals surface area contributed by atoms with Crippen LogP contribution in [0.25, 0.3) is 17.4 Å². The zero-order valence-corrected chi connectivity index (χ0v) is 15.8. The van der Waals surface area contributed by atoms with Gasteiger partial charge in [0.2, 0.25) is 0 Å². The smallest absolute Gasteiger partial charge is 0.337 e. The van der Waals surface area contributed by atoms with E-state index in [0.717, 1.165) is 5.01 Å². The molecule has 1 aliphatic rings. The number of hydrogen-bond donors (Lipinski definition) is 2. The van der Waals surface area contributed by atoms with E-state index < -0.39 is 23.6 Å². The van der Waals surface area contributed by atoms with E-state index >= 15 is 0 Å². The van der Waals surface area contributed by atoms with Crippen molar-refractivity contribution in [3.05, 3.63) is 82.3 Å². The molecule has 0 saturated carbocycles. The third kappa shape index (κ3) is 3.56. The van der Waals surface area contributed by atoms with Gasteiger partial charge < -0.3 is 9.52 Å². The first-order valence-corrected chi connectivity index (χ1v) is 8.97. The quantitative estimate of drug-likeness (QED) is 0.487. The molecule has 7 nitrogen and oxygen atoms in total. The molecule has 30 heavy (non-hydrogen) atoms. The van der Waals surface area contributed by atoms with E-state index in [9.17, 15) is 23.9 Å². The molecule has 9 heteroatoms. The standard InChI is InChI=1S/C21H12ClFN2O5/c22-17-7-1-11(9-15(17)21(28)29)18-8-6-14(30-18)10-16-19(26)24-25(20(16)27)13-4-2-12(23)3-5-13/h1-10H,(H,24,26)(H,28,29)/b16-10-. The number of furan rings is 1. The molecule has 0 bridgehead atoms. The number of nitrogens with zero attached hydrogens (tertiary/aromatic N) is 1. The van der Waals surface area contributed by atoms with E-state index in [4.69, 9.17) is 16.0 Å². The third-order valence-electron chi connectivity index (χ3n) is 4.37. The Hall–Kier alpha value is -3.91. The molecule has 2 aromatic carbocycles. The van der Waals surface area contributed by atoms with Crippen molar-refractivity contribution in [1.82, 2.24) is 5.43 Å². The molecule has 1 fully saturated rings.